The summed E-state index contributed by atoms with van der Waals surface area (Å²) < 4.78 is 0. The molecule has 0 saturated heterocycles. The van der Waals surface area contributed by atoms with Gasteiger partial charge in [0.05, 0.1) is 0 Å². The van der Waals surface area contributed by atoms with Gasteiger partial charge in [0.15, 0.2) is 0 Å². The number of carbonyl (C=O) groups is 1. The van der Waals surface area contributed by atoms with Crippen molar-refractivity contribution >= 4 is 5.97 Å². The molecule has 10 heavy (non-hydrogen) atoms. The van der Waals surface area contributed by atoms with Gasteiger partial charge in [-0.25, -0.2) is 9.78 Å². The zero-order chi connectivity index (χ0) is 6.69. The van der Waals surface area contributed by atoms with Crippen LogP contribution in [0.2, 0.25) is 0 Å². The van der Waals surface area contributed by atoms with E-state index in [1.807, 2.05) is 0 Å². The Morgan fingerprint density at radius 3 is 2.50 bits per heavy atom. The third kappa shape index (κ3) is 2.21. The quantitative estimate of drug-likeness (QED) is 0.684. The van der Waals surface area contributed by atoms with Gasteiger partial charge in [-0.2, -0.15) is 0 Å². The largest absolute Gasteiger partial charge is 2.00 e. The van der Waals surface area contributed by atoms with Crippen LogP contribution >= 0.6 is 0 Å². The first-order valence-corrected chi connectivity index (χ1v) is 2.45. The minimum atomic E-state index is -0.990. The molecule has 0 aliphatic rings. The molecule has 1 heterocycles. The Morgan fingerprint density at radius 2 is 2.20 bits per heavy atom. The predicted octanol–water partition coefficient (Wildman–Crippen LogP) is 0.777. The van der Waals surface area contributed by atoms with E-state index in [9.17, 15) is 4.79 Å². The van der Waals surface area contributed by atoms with E-state index in [2.05, 4.69) is 4.98 Å². The van der Waals surface area contributed by atoms with Crippen LogP contribution < -0.4 is 0 Å². The van der Waals surface area contributed by atoms with Crippen molar-refractivity contribution < 1.29 is 28.5 Å². The summed E-state index contributed by atoms with van der Waals surface area (Å²) in [6.45, 7) is 0. The van der Waals surface area contributed by atoms with E-state index in [0.717, 1.165) is 0 Å². The maximum atomic E-state index is 10.1. The second-order valence-electron chi connectivity index (χ2n) is 1.52. The summed E-state index contributed by atoms with van der Waals surface area (Å²) in [5, 5.41) is 8.32. The zero-order valence-corrected chi connectivity index (χ0v) is 6.46. The van der Waals surface area contributed by atoms with Crippen molar-refractivity contribution in [2.75, 3.05) is 0 Å². The summed E-state index contributed by atoms with van der Waals surface area (Å²) >= 11 is 0. The van der Waals surface area contributed by atoms with Crippen LogP contribution in [0.25, 0.3) is 0 Å². The Balaban J connectivity index is 0.000000810. The smallest absolute Gasteiger partial charge is 0.477 e. The average molecular weight is 174 g/mol. The fourth-order valence-electron chi connectivity index (χ4n) is 0.489. The number of aromatic nitrogens is 1. The molecule has 0 saturated carbocycles. The molecule has 0 aromatic carbocycles. The zero-order valence-electron chi connectivity index (χ0n) is 5.06. The van der Waals surface area contributed by atoms with Crippen LogP contribution in [0.4, 0.5) is 0 Å². The Morgan fingerprint density at radius 1 is 1.50 bits per heavy atom. The first-order valence-electron chi connectivity index (χ1n) is 2.45. The topological polar surface area (TPSA) is 50.2 Å². The molecule has 3 nitrogen and oxygen atoms in total. The van der Waals surface area contributed by atoms with Gasteiger partial charge in [0.25, 0.3) is 0 Å². The molecule has 0 amide bonds. The molecule has 1 aromatic rings. The number of rotatable bonds is 1. The van der Waals surface area contributed by atoms with E-state index >= 15 is 0 Å². The minimum Gasteiger partial charge on any atom is -0.477 e. The molecule has 0 bridgehead atoms. The van der Waals surface area contributed by atoms with Gasteiger partial charge in [-0.1, -0.05) is 6.07 Å². The van der Waals surface area contributed by atoms with Crippen LogP contribution in [-0.2, 0) is 18.6 Å². The third-order valence-electron chi connectivity index (χ3n) is 0.884. The molecular weight excluding hydrogens is 169 g/mol. The monoisotopic (exact) mass is 174 g/mol. The van der Waals surface area contributed by atoms with Gasteiger partial charge in [-0.3, -0.25) is 0 Å². The number of hydrogen-bond acceptors (Lipinski definition) is 2. The molecule has 0 fully saturated rings. The van der Waals surface area contributed by atoms with Crippen molar-refractivity contribution in [3.8, 4) is 0 Å². The van der Waals surface area contributed by atoms with E-state index in [4.69, 9.17) is 5.11 Å². The van der Waals surface area contributed by atoms with Gasteiger partial charge in [0.2, 0.25) is 0 Å². The van der Waals surface area contributed by atoms with Crippen LogP contribution in [0.1, 0.15) is 10.5 Å². The van der Waals surface area contributed by atoms with Crippen molar-refractivity contribution in [2.24, 2.45) is 0 Å². The second-order valence-corrected chi connectivity index (χ2v) is 1.52. The van der Waals surface area contributed by atoms with Gasteiger partial charge in [-0.15, -0.1) is 0 Å². The van der Waals surface area contributed by atoms with Crippen LogP contribution in [0.3, 0.4) is 0 Å². The number of aromatic carboxylic acids is 1. The first-order chi connectivity index (χ1) is 4.30. The molecule has 1 rings (SSSR count). The molecule has 0 atom stereocenters. The van der Waals surface area contributed by atoms with Gasteiger partial charge >= 0.3 is 24.5 Å². The van der Waals surface area contributed by atoms with Crippen molar-refractivity contribution in [3.63, 3.8) is 0 Å². The predicted molar refractivity (Wildman–Crippen MR) is 31.2 cm³/mol. The average Bonchev–Trinajstić information content (AvgIpc) is 1.90. The van der Waals surface area contributed by atoms with Gasteiger partial charge in [-0.05, 0) is 12.1 Å². The number of nitrogens with zero attached hydrogens (tertiary/aromatic N) is 1. The number of carboxylic acid groups (broad SMARTS) is 1. The Bertz CT molecular complexity index is 212. The fourth-order valence-corrected chi connectivity index (χ4v) is 0.489. The van der Waals surface area contributed by atoms with Gasteiger partial charge in [0.1, 0.15) is 5.69 Å². The molecule has 1 N–H and O–H groups in total. The normalized spacial score (nSPS) is 8.00. The van der Waals surface area contributed by atoms with Crippen LogP contribution in [-0.4, -0.2) is 16.1 Å². The van der Waals surface area contributed by atoms with E-state index in [-0.39, 0.29) is 24.2 Å². The number of pyridine rings is 1. The molecule has 0 aliphatic carbocycles. The van der Waals surface area contributed by atoms with Crippen molar-refractivity contribution in [2.45, 2.75) is 0 Å². The molecule has 1 aromatic heterocycles. The molecular formula is C6H5NO2V+2. The van der Waals surface area contributed by atoms with Crippen LogP contribution in [0.15, 0.2) is 24.4 Å². The second kappa shape index (κ2) is 4.09. The van der Waals surface area contributed by atoms with Crippen molar-refractivity contribution in [1.29, 1.82) is 0 Å². The Hall–Kier alpha value is -0.796. The molecule has 0 spiro atoms. The number of carboxylic acids is 1. The van der Waals surface area contributed by atoms with E-state index in [1.54, 1.807) is 12.1 Å². The van der Waals surface area contributed by atoms with Gasteiger partial charge in [0, 0.05) is 6.20 Å². The molecule has 49 valence electrons. The van der Waals surface area contributed by atoms with Gasteiger partial charge < -0.3 is 5.11 Å². The minimum absolute atomic E-state index is 0. The van der Waals surface area contributed by atoms with Crippen molar-refractivity contribution in [3.05, 3.63) is 30.1 Å². The Kier molecular flexibility index (Phi) is 3.76. The maximum absolute atomic E-state index is 10.1. The molecule has 0 unspecified atom stereocenters. The van der Waals surface area contributed by atoms with Crippen LogP contribution in [0.5, 0.6) is 0 Å². The third-order valence-corrected chi connectivity index (χ3v) is 0.884. The van der Waals surface area contributed by atoms with E-state index in [0.29, 0.717) is 0 Å². The Labute approximate surface area is 70.0 Å². The number of hydrogen-bond donors (Lipinski definition) is 1. The first kappa shape index (κ1) is 9.20. The summed E-state index contributed by atoms with van der Waals surface area (Å²) in [6, 6.07) is 4.76. The summed E-state index contributed by atoms with van der Waals surface area (Å²) in [5.74, 6) is -0.990. The maximum Gasteiger partial charge on any atom is 2.00 e. The molecule has 1 radical (unpaired) electrons. The summed E-state index contributed by atoms with van der Waals surface area (Å²) in [5.41, 5.74) is 0.0810. The van der Waals surface area contributed by atoms with E-state index < -0.39 is 5.97 Å². The summed E-state index contributed by atoms with van der Waals surface area (Å²) in [4.78, 5) is 13.7. The fraction of sp³-hybridized carbons (Fsp3) is 0. The SMILES string of the molecule is O=C(O)c1ccccn1.[V+2]. The van der Waals surface area contributed by atoms with Crippen molar-refractivity contribution in [1.82, 2.24) is 4.98 Å². The molecule has 0 aliphatic heterocycles. The summed E-state index contributed by atoms with van der Waals surface area (Å²) in [6.07, 6.45) is 1.45. The van der Waals surface area contributed by atoms with E-state index in [1.165, 1.54) is 12.3 Å². The summed E-state index contributed by atoms with van der Waals surface area (Å²) in [7, 11) is 0. The molecule has 4 heteroatoms. The van der Waals surface area contributed by atoms with Crippen LogP contribution in [0, 0.1) is 0 Å². The standard InChI is InChI=1S/C6H5NO2.V/c8-6(9)5-3-1-2-4-7-5;/h1-4H,(H,8,9);/q;+2.